The van der Waals surface area contributed by atoms with Gasteiger partial charge in [-0.25, -0.2) is 0 Å². The first kappa shape index (κ1) is 15.9. The molecular weight excluding hydrogens is 216 g/mol. The average Bonchev–Trinajstić information content (AvgIpc) is 2.21. The maximum Gasteiger partial charge on any atom is 0.239 e. The van der Waals surface area contributed by atoms with E-state index >= 15 is 0 Å². The van der Waals surface area contributed by atoms with Gasteiger partial charge in [-0.2, -0.15) is 0 Å². The summed E-state index contributed by atoms with van der Waals surface area (Å²) >= 11 is 0. The molecule has 0 radical (unpaired) electrons. The van der Waals surface area contributed by atoms with E-state index in [0.717, 1.165) is 0 Å². The Kier molecular flexibility index (Phi) is 6.85. The van der Waals surface area contributed by atoms with Gasteiger partial charge < -0.3 is 10.2 Å². The lowest BCUT2D eigenvalue weighted by Crippen LogP contribution is -2.46. The lowest BCUT2D eigenvalue weighted by Gasteiger charge is -2.28. The molecular formula is C13H26N2O2. The van der Waals surface area contributed by atoms with E-state index in [1.807, 2.05) is 41.5 Å². The second-order valence-corrected chi connectivity index (χ2v) is 5.41. The Hall–Kier alpha value is -1.06. The molecule has 100 valence electrons. The van der Waals surface area contributed by atoms with Crippen LogP contribution in [0.15, 0.2) is 0 Å². The van der Waals surface area contributed by atoms with Gasteiger partial charge in [-0.3, -0.25) is 9.59 Å². The maximum absolute atomic E-state index is 11.9. The number of amides is 2. The molecule has 0 aliphatic carbocycles. The first-order valence-electron chi connectivity index (χ1n) is 6.32. The van der Waals surface area contributed by atoms with Crippen LogP contribution >= 0.6 is 0 Å². The second kappa shape index (κ2) is 7.30. The molecule has 0 bridgehead atoms. The van der Waals surface area contributed by atoms with E-state index in [4.69, 9.17) is 0 Å². The smallest absolute Gasteiger partial charge is 0.239 e. The molecule has 4 heteroatoms. The number of hydrogen-bond donors (Lipinski definition) is 1. The molecule has 0 atom stereocenters. The van der Waals surface area contributed by atoms with Crippen LogP contribution in [0.4, 0.5) is 0 Å². The third-order valence-corrected chi connectivity index (χ3v) is 2.42. The molecule has 0 aliphatic rings. The van der Waals surface area contributed by atoms with Gasteiger partial charge in [0.25, 0.3) is 0 Å². The largest absolute Gasteiger partial charge is 0.354 e. The molecule has 0 fully saturated rings. The Balaban J connectivity index is 4.36. The molecule has 0 aromatic heterocycles. The van der Waals surface area contributed by atoms with Crippen molar-refractivity contribution >= 4 is 11.8 Å². The highest BCUT2D eigenvalue weighted by Crippen LogP contribution is 2.06. The molecule has 0 aliphatic heterocycles. The first-order valence-corrected chi connectivity index (χ1v) is 6.32. The fourth-order valence-electron chi connectivity index (χ4n) is 1.38. The first-order chi connectivity index (χ1) is 7.75. The van der Waals surface area contributed by atoms with E-state index in [-0.39, 0.29) is 30.3 Å². The molecule has 0 aromatic rings. The van der Waals surface area contributed by atoms with Crippen LogP contribution in [0.1, 0.15) is 41.5 Å². The SMILES string of the molecule is CC(C)CNC(=O)CN(C(=O)C(C)C)C(C)C. The zero-order valence-electron chi connectivity index (χ0n) is 11.9. The summed E-state index contributed by atoms with van der Waals surface area (Å²) in [5.41, 5.74) is 0. The van der Waals surface area contributed by atoms with E-state index in [1.54, 1.807) is 4.90 Å². The van der Waals surface area contributed by atoms with Gasteiger partial charge in [0, 0.05) is 18.5 Å². The fourth-order valence-corrected chi connectivity index (χ4v) is 1.38. The van der Waals surface area contributed by atoms with Gasteiger partial charge in [0.1, 0.15) is 0 Å². The topological polar surface area (TPSA) is 49.4 Å². The van der Waals surface area contributed by atoms with Crippen molar-refractivity contribution in [1.29, 1.82) is 0 Å². The molecule has 0 spiro atoms. The van der Waals surface area contributed by atoms with Crippen molar-refractivity contribution < 1.29 is 9.59 Å². The lowest BCUT2D eigenvalue weighted by atomic mass is 10.1. The summed E-state index contributed by atoms with van der Waals surface area (Å²) in [6.07, 6.45) is 0. The Morgan fingerprint density at radius 2 is 1.59 bits per heavy atom. The normalized spacial score (nSPS) is 11.1. The van der Waals surface area contributed by atoms with E-state index in [1.165, 1.54) is 0 Å². The number of nitrogens with one attached hydrogen (secondary N) is 1. The van der Waals surface area contributed by atoms with Crippen LogP contribution < -0.4 is 5.32 Å². The van der Waals surface area contributed by atoms with Crippen molar-refractivity contribution in [2.24, 2.45) is 11.8 Å². The lowest BCUT2D eigenvalue weighted by molar-refractivity contribution is -0.140. The summed E-state index contributed by atoms with van der Waals surface area (Å²) in [6.45, 7) is 12.4. The van der Waals surface area contributed by atoms with Crippen LogP contribution in [0.3, 0.4) is 0 Å². The van der Waals surface area contributed by atoms with Crippen molar-refractivity contribution in [3.63, 3.8) is 0 Å². The van der Waals surface area contributed by atoms with E-state index in [9.17, 15) is 9.59 Å². The van der Waals surface area contributed by atoms with Gasteiger partial charge in [-0.05, 0) is 19.8 Å². The van der Waals surface area contributed by atoms with E-state index in [0.29, 0.717) is 12.5 Å². The summed E-state index contributed by atoms with van der Waals surface area (Å²) in [4.78, 5) is 25.2. The highest BCUT2D eigenvalue weighted by Gasteiger charge is 2.22. The Bertz CT molecular complexity index is 260. The van der Waals surface area contributed by atoms with Crippen molar-refractivity contribution in [2.45, 2.75) is 47.6 Å². The molecule has 1 N–H and O–H groups in total. The average molecular weight is 242 g/mol. The quantitative estimate of drug-likeness (QED) is 0.770. The number of hydrogen-bond acceptors (Lipinski definition) is 2. The van der Waals surface area contributed by atoms with Gasteiger partial charge >= 0.3 is 0 Å². The van der Waals surface area contributed by atoms with Crippen LogP contribution in [0.25, 0.3) is 0 Å². The molecule has 0 rings (SSSR count). The molecule has 0 unspecified atom stereocenters. The van der Waals surface area contributed by atoms with Crippen LogP contribution in [-0.2, 0) is 9.59 Å². The van der Waals surface area contributed by atoms with Crippen LogP contribution in [-0.4, -0.2) is 35.8 Å². The minimum atomic E-state index is -0.0820. The van der Waals surface area contributed by atoms with Crippen LogP contribution in [0.5, 0.6) is 0 Å². The second-order valence-electron chi connectivity index (χ2n) is 5.41. The van der Waals surface area contributed by atoms with E-state index < -0.39 is 0 Å². The van der Waals surface area contributed by atoms with Crippen molar-refractivity contribution in [3.05, 3.63) is 0 Å². The molecule has 17 heavy (non-hydrogen) atoms. The molecule has 0 aromatic carbocycles. The Morgan fingerprint density at radius 1 is 1.06 bits per heavy atom. The van der Waals surface area contributed by atoms with E-state index in [2.05, 4.69) is 5.32 Å². The summed E-state index contributed by atoms with van der Waals surface area (Å²) in [5.74, 6) is 0.295. The third kappa shape index (κ3) is 6.29. The zero-order valence-corrected chi connectivity index (χ0v) is 11.9. The van der Waals surface area contributed by atoms with Gasteiger partial charge in [0.05, 0.1) is 6.54 Å². The van der Waals surface area contributed by atoms with Crippen LogP contribution in [0, 0.1) is 11.8 Å². The summed E-state index contributed by atoms with van der Waals surface area (Å²) < 4.78 is 0. The minimum Gasteiger partial charge on any atom is -0.354 e. The van der Waals surface area contributed by atoms with Crippen molar-refractivity contribution in [3.8, 4) is 0 Å². The molecule has 0 heterocycles. The Morgan fingerprint density at radius 3 is 1.94 bits per heavy atom. The van der Waals surface area contributed by atoms with Gasteiger partial charge in [0.15, 0.2) is 0 Å². The van der Waals surface area contributed by atoms with Crippen LogP contribution in [0.2, 0.25) is 0 Å². The van der Waals surface area contributed by atoms with Gasteiger partial charge in [-0.1, -0.05) is 27.7 Å². The fraction of sp³-hybridized carbons (Fsp3) is 0.846. The number of carbonyl (C=O) groups is 2. The maximum atomic E-state index is 11.9. The monoisotopic (exact) mass is 242 g/mol. The van der Waals surface area contributed by atoms with Crippen molar-refractivity contribution in [2.75, 3.05) is 13.1 Å². The zero-order chi connectivity index (χ0) is 13.6. The standard InChI is InChI=1S/C13H26N2O2/c1-9(2)7-14-12(16)8-15(11(5)6)13(17)10(3)4/h9-11H,7-8H2,1-6H3,(H,14,16). The molecule has 0 saturated carbocycles. The summed E-state index contributed by atoms with van der Waals surface area (Å²) in [5, 5.41) is 2.83. The molecule has 4 nitrogen and oxygen atoms in total. The van der Waals surface area contributed by atoms with Crippen molar-refractivity contribution in [1.82, 2.24) is 10.2 Å². The summed E-state index contributed by atoms with van der Waals surface area (Å²) in [6, 6.07) is 0.0506. The highest BCUT2D eigenvalue weighted by atomic mass is 16.2. The third-order valence-electron chi connectivity index (χ3n) is 2.42. The number of carbonyl (C=O) groups excluding carboxylic acids is 2. The summed E-state index contributed by atoms with van der Waals surface area (Å²) in [7, 11) is 0. The predicted octanol–water partition coefficient (Wildman–Crippen LogP) is 1.65. The predicted molar refractivity (Wildman–Crippen MR) is 69.5 cm³/mol. The van der Waals surface area contributed by atoms with Gasteiger partial charge in [-0.15, -0.1) is 0 Å². The molecule has 0 saturated heterocycles. The number of nitrogens with zero attached hydrogens (tertiary/aromatic N) is 1. The number of rotatable bonds is 6. The minimum absolute atomic E-state index is 0.0275. The molecule has 2 amide bonds. The highest BCUT2D eigenvalue weighted by molar-refractivity contribution is 5.85. The van der Waals surface area contributed by atoms with Gasteiger partial charge in [0.2, 0.25) is 11.8 Å². The Labute approximate surface area is 105 Å².